The summed E-state index contributed by atoms with van der Waals surface area (Å²) in [4.78, 5) is 24.8. The number of rotatable bonds is 7. The molecule has 0 saturated heterocycles. The molecular weight excluding hydrogens is 296 g/mol. The van der Waals surface area contributed by atoms with Crippen LogP contribution in [0.1, 0.15) is 26.7 Å². The molecule has 1 fully saturated rings. The molecule has 0 aliphatic heterocycles. The van der Waals surface area contributed by atoms with Crippen LogP contribution in [0.3, 0.4) is 0 Å². The highest BCUT2D eigenvalue weighted by atomic mass is 16.5. The SMILES string of the molecule is COc1ccc(NC(=O)C2(C(=O)NCC(C)C)CC2)c(OC)c1. The van der Waals surface area contributed by atoms with Gasteiger partial charge in [-0.15, -0.1) is 0 Å². The second-order valence-electron chi connectivity index (χ2n) is 6.21. The first-order valence-corrected chi connectivity index (χ1v) is 7.74. The Kier molecular flexibility index (Phi) is 5.13. The standard InChI is InChI=1S/C17H24N2O4/c1-11(2)10-18-15(20)17(7-8-17)16(21)19-13-6-5-12(22-3)9-14(13)23-4/h5-6,9,11H,7-8,10H2,1-4H3,(H,18,20)(H,19,21). The Morgan fingerprint density at radius 3 is 2.39 bits per heavy atom. The number of benzene rings is 1. The molecule has 0 spiro atoms. The molecule has 126 valence electrons. The summed E-state index contributed by atoms with van der Waals surface area (Å²) in [6, 6.07) is 5.13. The highest BCUT2D eigenvalue weighted by Gasteiger charge is 2.56. The van der Waals surface area contributed by atoms with Crippen LogP contribution in [0, 0.1) is 11.3 Å². The number of ether oxygens (including phenoxy) is 2. The monoisotopic (exact) mass is 320 g/mol. The third-order valence-corrected chi connectivity index (χ3v) is 3.95. The van der Waals surface area contributed by atoms with Crippen LogP contribution in [0.2, 0.25) is 0 Å². The van der Waals surface area contributed by atoms with Crippen LogP contribution < -0.4 is 20.1 Å². The molecule has 1 aromatic rings. The molecule has 0 unspecified atom stereocenters. The Morgan fingerprint density at radius 1 is 1.17 bits per heavy atom. The molecule has 0 radical (unpaired) electrons. The van der Waals surface area contributed by atoms with E-state index in [4.69, 9.17) is 9.47 Å². The minimum atomic E-state index is -0.945. The molecule has 2 rings (SSSR count). The van der Waals surface area contributed by atoms with E-state index in [2.05, 4.69) is 10.6 Å². The number of carbonyl (C=O) groups is 2. The lowest BCUT2D eigenvalue weighted by Crippen LogP contribution is -2.41. The number of hydrogen-bond donors (Lipinski definition) is 2. The smallest absolute Gasteiger partial charge is 0.240 e. The summed E-state index contributed by atoms with van der Waals surface area (Å²) in [5, 5.41) is 5.65. The summed E-state index contributed by atoms with van der Waals surface area (Å²) < 4.78 is 10.4. The summed E-state index contributed by atoms with van der Waals surface area (Å²) in [5.74, 6) is 0.990. The largest absolute Gasteiger partial charge is 0.497 e. The van der Waals surface area contributed by atoms with Crippen LogP contribution in [-0.4, -0.2) is 32.6 Å². The van der Waals surface area contributed by atoms with Crippen molar-refractivity contribution in [1.82, 2.24) is 5.32 Å². The van der Waals surface area contributed by atoms with Gasteiger partial charge >= 0.3 is 0 Å². The molecular formula is C17H24N2O4. The van der Waals surface area contributed by atoms with Gasteiger partial charge in [0.05, 0.1) is 19.9 Å². The van der Waals surface area contributed by atoms with E-state index in [0.717, 1.165) is 0 Å². The van der Waals surface area contributed by atoms with E-state index in [-0.39, 0.29) is 11.8 Å². The van der Waals surface area contributed by atoms with Crippen LogP contribution in [0.5, 0.6) is 11.5 Å². The molecule has 0 heterocycles. The van der Waals surface area contributed by atoms with Crippen molar-refractivity contribution in [1.29, 1.82) is 0 Å². The molecule has 2 amide bonds. The van der Waals surface area contributed by atoms with Gasteiger partial charge < -0.3 is 20.1 Å². The molecule has 0 bridgehead atoms. The Labute approximate surface area is 136 Å². The molecule has 23 heavy (non-hydrogen) atoms. The van der Waals surface area contributed by atoms with E-state index in [9.17, 15) is 9.59 Å². The van der Waals surface area contributed by atoms with Crippen LogP contribution in [0.25, 0.3) is 0 Å². The van der Waals surface area contributed by atoms with E-state index in [1.165, 1.54) is 7.11 Å². The third-order valence-electron chi connectivity index (χ3n) is 3.95. The summed E-state index contributed by atoms with van der Waals surface area (Å²) >= 11 is 0. The van der Waals surface area contributed by atoms with E-state index < -0.39 is 5.41 Å². The number of anilines is 1. The normalized spacial score (nSPS) is 15.0. The van der Waals surface area contributed by atoms with Crippen LogP contribution in [0.4, 0.5) is 5.69 Å². The fourth-order valence-electron chi connectivity index (χ4n) is 2.29. The van der Waals surface area contributed by atoms with Crippen molar-refractivity contribution in [3.05, 3.63) is 18.2 Å². The van der Waals surface area contributed by atoms with E-state index >= 15 is 0 Å². The van der Waals surface area contributed by atoms with E-state index in [1.54, 1.807) is 25.3 Å². The molecule has 6 nitrogen and oxygen atoms in total. The number of hydrogen-bond acceptors (Lipinski definition) is 4. The average Bonchev–Trinajstić information content (AvgIpc) is 3.34. The summed E-state index contributed by atoms with van der Waals surface area (Å²) in [5.41, 5.74) is -0.416. The van der Waals surface area contributed by atoms with Crippen LogP contribution in [-0.2, 0) is 9.59 Å². The fraction of sp³-hybridized carbons (Fsp3) is 0.529. The zero-order valence-electron chi connectivity index (χ0n) is 14.1. The first-order valence-electron chi connectivity index (χ1n) is 7.74. The summed E-state index contributed by atoms with van der Waals surface area (Å²) in [6.45, 7) is 4.60. The second kappa shape index (κ2) is 6.89. The van der Waals surface area contributed by atoms with Crippen LogP contribution >= 0.6 is 0 Å². The Bertz CT molecular complexity index is 594. The van der Waals surface area contributed by atoms with Gasteiger partial charge in [0.15, 0.2) is 0 Å². The maximum Gasteiger partial charge on any atom is 0.240 e. The summed E-state index contributed by atoms with van der Waals surface area (Å²) in [7, 11) is 3.08. The zero-order chi connectivity index (χ0) is 17.0. The first-order chi connectivity index (χ1) is 10.9. The first kappa shape index (κ1) is 17.1. The predicted octanol–water partition coefficient (Wildman–Crippen LogP) is 2.19. The van der Waals surface area contributed by atoms with Gasteiger partial charge in [-0.25, -0.2) is 0 Å². The number of nitrogens with one attached hydrogen (secondary N) is 2. The minimum Gasteiger partial charge on any atom is -0.497 e. The van der Waals surface area contributed by atoms with Crippen molar-refractivity contribution in [2.45, 2.75) is 26.7 Å². The lowest BCUT2D eigenvalue weighted by Gasteiger charge is -2.18. The molecule has 2 N–H and O–H groups in total. The van der Waals surface area contributed by atoms with Gasteiger partial charge in [-0.1, -0.05) is 13.8 Å². The molecule has 1 aromatic carbocycles. The highest BCUT2D eigenvalue weighted by Crippen LogP contribution is 2.47. The molecule has 0 aromatic heterocycles. The molecule has 1 aliphatic rings. The van der Waals surface area contributed by atoms with Crippen molar-refractivity contribution in [3.63, 3.8) is 0 Å². The zero-order valence-corrected chi connectivity index (χ0v) is 14.1. The predicted molar refractivity (Wildman–Crippen MR) is 87.7 cm³/mol. The lowest BCUT2D eigenvalue weighted by atomic mass is 10.0. The quantitative estimate of drug-likeness (QED) is 0.755. The number of carbonyl (C=O) groups excluding carboxylic acids is 2. The molecule has 6 heteroatoms. The fourth-order valence-corrected chi connectivity index (χ4v) is 2.29. The van der Waals surface area contributed by atoms with Gasteiger partial charge in [-0.05, 0) is 30.9 Å². The summed E-state index contributed by atoms with van der Waals surface area (Å²) in [6.07, 6.45) is 1.14. The maximum absolute atomic E-state index is 12.5. The van der Waals surface area contributed by atoms with Crippen molar-refractivity contribution in [2.75, 3.05) is 26.1 Å². The van der Waals surface area contributed by atoms with Crippen molar-refractivity contribution in [3.8, 4) is 11.5 Å². The van der Waals surface area contributed by atoms with Gasteiger partial charge in [-0.2, -0.15) is 0 Å². The Morgan fingerprint density at radius 2 is 1.87 bits per heavy atom. The van der Waals surface area contributed by atoms with Crippen LogP contribution in [0.15, 0.2) is 18.2 Å². The van der Waals surface area contributed by atoms with Crippen molar-refractivity contribution in [2.24, 2.45) is 11.3 Å². The maximum atomic E-state index is 12.5. The van der Waals surface area contributed by atoms with Gasteiger partial charge in [0, 0.05) is 12.6 Å². The third kappa shape index (κ3) is 3.75. The number of amides is 2. The van der Waals surface area contributed by atoms with Crippen molar-refractivity contribution >= 4 is 17.5 Å². The number of methoxy groups -OCH3 is 2. The Hall–Kier alpha value is -2.24. The minimum absolute atomic E-state index is 0.198. The van der Waals surface area contributed by atoms with Gasteiger partial charge in [0.1, 0.15) is 16.9 Å². The molecule has 1 saturated carbocycles. The van der Waals surface area contributed by atoms with Gasteiger partial charge in [-0.3, -0.25) is 9.59 Å². The van der Waals surface area contributed by atoms with E-state index in [1.807, 2.05) is 13.8 Å². The van der Waals surface area contributed by atoms with Gasteiger partial charge in [0.25, 0.3) is 0 Å². The highest BCUT2D eigenvalue weighted by molar-refractivity contribution is 6.13. The Balaban J connectivity index is 2.08. The lowest BCUT2D eigenvalue weighted by molar-refractivity contribution is -0.134. The average molecular weight is 320 g/mol. The van der Waals surface area contributed by atoms with Crippen molar-refractivity contribution < 1.29 is 19.1 Å². The molecule has 1 aliphatic carbocycles. The van der Waals surface area contributed by atoms with Gasteiger partial charge in [0.2, 0.25) is 11.8 Å². The molecule has 0 atom stereocenters. The topological polar surface area (TPSA) is 76.7 Å². The van der Waals surface area contributed by atoms with E-state index in [0.29, 0.717) is 42.5 Å². The second-order valence-corrected chi connectivity index (χ2v) is 6.21.